The summed E-state index contributed by atoms with van der Waals surface area (Å²) in [6.45, 7) is 0.814. The Kier molecular flexibility index (Phi) is 2.21. The molecule has 2 aromatic rings. The highest BCUT2D eigenvalue weighted by Gasteiger charge is 2.36. The standard InChI is InChI=1S/C16H14N2O/c19-16-14-10-17-7-5-12(14)9-15-13-4-2-1-3-11(13)6-8-18(15)16/h1-5,7,10,15H,6,8-9H2/t15-/m0/s1. The van der Waals surface area contributed by atoms with E-state index < -0.39 is 0 Å². The highest BCUT2D eigenvalue weighted by Crippen LogP contribution is 2.37. The molecule has 0 saturated heterocycles. The van der Waals surface area contributed by atoms with Crippen molar-refractivity contribution in [2.45, 2.75) is 18.9 Å². The summed E-state index contributed by atoms with van der Waals surface area (Å²) in [5, 5.41) is 0. The summed E-state index contributed by atoms with van der Waals surface area (Å²) in [6.07, 6.45) is 5.33. The zero-order chi connectivity index (χ0) is 12.8. The maximum Gasteiger partial charge on any atom is 0.256 e. The fourth-order valence-corrected chi connectivity index (χ4v) is 3.27. The van der Waals surface area contributed by atoms with Gasteiger partial charge in [-0.25, -0.2) is 0 Å². The number of pyridine rings is 1. The van der Waals surface area contributed by atoms with Crippen LogP contribution in [0.25, 0.3) is 0 Å². The average molecular weight is 250 g/mol. The van der Waals surface area contributed by atoms with Gasteiger partial charge in [0.1, 0.15) is 0 Å². The molecule has 0 fully saturated rings. The summed E-state index contributed by atoms with van der Waals surface area (Å²) in [4.78, 5) is 18.6. The van der Waals surface area contributed by atoms with Crippen molar-refractivity contribution in [2.24, 2.45) is 0 Å². The number of aromatic nitrogens is 1. The van der Waals surface area contributed by atoms with Crippen molar-refractivity contribution in [1.29, 1.82) is 0 Å². The first-order valence-corrected chi connectivity index (χ1v) is 6.66. The maximum atomic E-state index is 12.5. The van der Waals surface area contributed by atoms with Gasteiger partial charge in [-0.15, -0.1) is 0 Å². The van der Waals surface area contributed by atoms with Crippen LogP contribution < -0.4 is 0 Å². The van der Waals surface area contributed by atoms with E-state index in [9.17, 15) is 4.79 Å². The van der Waals surface area contributed by atoms with Crippen LogP contribution in [0.5, 0.6) is 0 Å². The number of carbonyl (C=O) groups is 1. The third-order valence-electron chi connectivity index (χ3n) is 4.23. The molecule has 1 aromatic heterocycles. The van der Waals surface area contributed by atoms with Gasteiger partial charge in [0.25, 0.3) is 5.91 Å². The second kappa shape index (κ2) is 3.92. The number of nitrogens with zero attached hydrogens (tertiary/aromatic N) is 2. The van der Waals surface area contributed by atoms with E-state index in [1.165, 1.54) is 11.1 Å². The lowest BCUT2D eigenvalue weighted by Gasteiger charge is -2.41. The summed E-state index contributed by atoms with van der Waals surface area (Å²) in [5.41, 5.74) is 4.59. The van der Waals surface area contributed by atoms with Crippen molar-refractivity contribution in [3.8, 4) is 0 Å². The Hall–Kier alpha value is -2.16. The van der Waals surface area contributed by atoms with Crippen LogP contribution in [0.15, 0.2) is 42.7 Å². The summed E-state index contributed by atoms with van der Waals surface area (Å²) >= 11 is 0. The predicted molar refractivity (Wildman–Crippen MR) is 71.9 cm³/mol. The van der Waals surface area contributed by atoms with Crippen molar-refractivity contribution in [1.82, 2.24) is 9.88 Å². The van der Waals surface area contributed by atoms with Crippen LogP contribution in [0.2, 0.25) is 0 Å². The molecule has 3 nitrogen and oxygen atoms in total. The van der Waals surface area contributed by atoms with Gasteiger partial charge in [-0.05, 0) is 35.6 Å². The van der Waals surface area contributed by atoms with Crippen LogP contribution in [0.4, 0.5) is 0 Å². The quantitative estimate of drug-likeness (QED) is 0.719. The molecule has 0 unspecified atom stereocenters. The topological polar surface area (TPSA) is 33.2 Å². The van der Waals surface area contributed by atoms with E-state index in [0.29, 0.717) is 0 Å². The Morgan fingerprint density at radius 2 is 2.05 bits per heavy atom. The molecule has 0 spiro atoms. The first-order valence-electron chi connectivity index (χ1n) is 6.66. The normalized spacial score (nSPS) is 20.5. The van der Waals surface area contributed by atoms with Crippen LogP contribution in [0.3, 0.4) is 0 Å². The highest BCUT2D eigenvalue weighted by atomic mass is 16.2. The lowest BCUT2D eigenvalue weighted by atomic mass is 9.84. The molecule has 0 N–H and O–H groups in total. The van der Waals surface area contributed by atoms with Gasteiger partial charge < -0.3 is 4.90 Å². The van der Waals surface area contributed by atoms with Crippen LogP contribution >= 0.6 is 0 Å². The molecule has 3 heteroatoms. The predicted octanol–water partition coefficient (Wildman–Crippen LogP) is 2.38. The molecule has 0 radical (unpaired) electrons. The van der Waals surface area contributed by atoms with Crippen molar-refractivity contribution in [3.63, 3.8) is 0 Å². The molecule has 1 atom stereocenters. The summed E-state index contributed by atoms with van der Waals surface area (Å²) in [7, 11) is 0. The zero-order valence-corrected chi connectivity index (χ0v) is 10.5. The molecule has 19 heavy (non-hydrogen) atoms. The van der Waals surface area contributed by atoms with Gasteiger partial charge in [0.05, 0.1) is 11.6 Å². The Labute approximate surface area is 111 Å². The summed E-state index contributed by atoms with van der Waals surface area (Å²) < 4.78 is 0. The Morgan fingerprint density at radius 3 is 3.00 bits per heavy atom. The largest absolute Gasteiger partial charge is 0.331 e. The Bertz CT molecular complexity index is 665. The Balaban J connectivity index is 1.85. The highest BCUT2D eigenvalue weighted by molar-refractivity contribution is 5.97. The van der Waals surface area contributed by atoms with Gasteiger partial charge in [0.15, 0.2) is 0 Å². The van der Waals surface area contributed by atoms with Gasteiger partial charge in [-0.3, -0.25) is 9.78 Å². The molecule has 2 aliphatic heterocycles. The lowest BCUT2D eigenvalue weighted by Crippen LogP contribution is -2.44. The summed E-state index contributed by atoms with van der Waals surface area (Å²) in [6, 6.07) is 10.7. The van der Waals surface area contributed by atoms with E-state index >= 15 is 0 Å². The van der Waals surface area contributed by atoms with Crippen molar-refractivity contribution in [3.05, 3.63) is 65.0 Å². The number of rotatable bonds is 0. The van der Waals surface area contributed by atoms with Crippen molar-refractivity contribution in [2.75, 3.05) is 6.54 Å². The number of benzene rings is 1. The van der Waals surface area contributed by atoms with Gasteiger partial charge in [-0.2, -0.15) is 0 Å². The van der Waals surface area contributed by atoms with Gasteiger partial charge >= 0.3 is 0 Å². The fraction of sp³-hybridized carbons (Fsp3) is 0.250. The first-order chi connectivity index (χ1) is 9.34. The second-order valence-corrected chi connectivity index (χ2v) is 5.20. The van der Waals surface area contributed by atoms with E-state index in [2.05, 4.69) is 29.2 Å². The molecule has 94 valence electrons. The molecular weight excluding hydrogens is 236 g/mol. The van der Waals surface area contributed by atoms with Crippen molar-refractivity contribution >= 4 is 5.91 Å². The minimum Gasteiger partial charge on any atom is -0.331 e. The van der Waals surface area contributed by atoms with Gasteiger partial charge in [0.2, 0.25) is 0 Å². The average Bonchev–Trinajstić information content (AvgIpc) is 2.47. The molecule has 0 bridgehead atoms. The molecular formula is C16H14N2O. The van der Waals surface area contributed by atoms with Crippen molar-refractivity contribution < 1.29 is 4.79 Å². The second-order valence-electron chi connectivity index (χ2n) is 5.20. The fourth-order valence-electron chi connectivity index (χ4n) is 3.27. The van der Waals surface area contributed by atoms with Crippen LogP contribution in [-0.2, 0) is 12.8 Å². The zero-order valence-electron chi connectivity index (χ0n) is 10.5. The minimum atomic E-state index is 0.133. The monoisotopic (exact) mass is 250 g/mol. The van der Waals surface area contributed by atoms with E-state index in [1.54, 1.807) is 12.4 Å². The first kappa shape index (κ1) is 10.7. The van der Waals surface area contributed by atoms with Crippen LogP contribution in [-0.4, -0.2) is 22.3 Å². The molecule has 2 aliphatic rings. The molecule has 1 aromatic carbocycles. The van der Waals surface area contributed by atoms with Gasteiger partial charge in [-0.1, -0.05) is 24.3 Å². The number of hydrogen-bond donors (Lipinski definition) is 0. The molecule has 1 amide bonds. The van der Waals surface area contributed by atoms with Crippen LogP contribution in [0.1, 0.15) is 33.1 Å². The van der Waals surface area contributed by atoms with Gasteiger partial charge in [0, 0.05) is 18.9 Å². The minimum absolute atomic E-state index is 0.133. The van der Waals surface area contributed by atoms with E-state index in [4.69, 9.17) is 0 Å². The number of amides is 1. The van der Waals surface area contributed by atoms with E-state index in [1.807, 2.05) is 11.0 Å². The number of hydrogen-bond acceptors (Lipinski definition) is 2. The number of carbonyl (C=O) groups excluding carboxylic acids is 1. The smallest absolute Gasteiger partial charge is 0.256 e. The SMILES string of the molecule is O=C1c2cnccc2C[C@H]2c3ccccc3CCN12. The lowest BCUT2D eigenvalue weighted by molar-refractivity contribution is 0.0631. The third kappa shape index (κ3) is 1.51. The van der Waals surface area contributed by atoms with Crippen LogP contribution in [0, 0.1) is 0 Å². The molecule has 0 saturated carbocycles. The molecule has 4 rings (SSSR count). The Morgan fingerprint density at radius 1 is 1.16 bits per heavy atom. The van der Waals surface area contributed by atoms with E-state index in [-0.39, 0.29) is 11.9 Å². The maximum absolute atomic E-state index is 12.5. The molecule has 3 heterocycles. The number of fused-ring (bicyclic) bond motifs is 4. The van der Waals surface area contributed by atoms with E-state index in [0.717, 1.165) is 30.5 Å². The molecule has 0 aliphatic carbocycles. The summed E-state index contributed by atoms with van der Waals surface area (Å²) in [5.74, 6) is 0.133. The third-order valence-corrected chi connectivity index (χ3v) is 4.23.